The van der Waals surface area contributed by atoms with Crippen molar-refractivity contribution < 1.29 is 9.90 Å². The lowest BCUT2D eigenvalue weighted by atomic mass is 10.1. The van der Waals surface area contributed by atoms with E-state index in [4.69, 9.17) is 5.11 Å². The summed E-state index contributed by atoms with van der Waals surface area (Å²) in [4.78, 5) is 14.3. The second kappa shape index (κ2) is 8.39. The molecule has 0 aromatic carbocycles. The van der Waals surface area contributed by atoms with Crippen molar-refractivity contribution in [2.75, 3.05) is 26.2 Å². The molecule has 0 spiro atoms. The maximum Gasteiger partial charge on any atom is 0.315 e. The molecule has 1 saturated heterocycles. The molecule has 0 bridgehead atoms. The first-order chi connectivity index (χ1) is 10.2. The number of aliphatic hydroxyl groups is 1. The monoisotopic (exact) mass is 295 g/mol. The lowest BCUT2D eigenvalue weighted by Crippen LogP contribution is -2.43. The highest BCUT2D eigenvalue weighted by atomic mass is 16.3. The van der Waals surface area contributed by atoms with Gasteiger partial charge in [-0.25, -0.2) is 4.79 Å². The number of likely N-dealkylation sites (tertiary alicyclic amines) is 1. The van der Waals surface area contributed by atoms with Crippen molar-refractivity contribution in [2.24, 2.45) is 5.92 Å². The number of carbonyl (C=O) groups is 1. The van der Waals surface area contributed by atoms with Crippen LogP contribution in [0.1, 0.15) is 39.0 Å². The van der Waals surface area contributed by atoms with Gasteiger partial charge in [-0.05, 0) is 45.7 Å². The van der Waals surface area contributed by atoms with Crippen LogP contribution in [0.25, 0.3) is 0 Å². The first kappa shape index (κ1) is 16.3. The van der Waals surface area contributed by atoms with Crippen LogP contribution in [0.5, 0.6) is 0 Å². The smallest absolute Gasteiger partial charge is 0.315 e. The van der Waals surface area contributed by atoms with Crippen LogP contribution in [-0.4, -0.2) is 54.4 Å². The largest absolute Gasteiger partial charge is 0.396 e. The molecule has 2 aliphatic rings. The standard InChI is InChI=1S/C16H29N3O2/c1-13(19-9-3-2-4-10-19)7-8-17-16(21)18-15-6-5-14(11-15)12-20/h5-6,13-15,20H,2-4,7-12H2,1H3,(H2,17,18,21)/t13?,14-,15+/m0/s1. The maximum atomic E-state index is 11.8. The van der Waals surface area contributed by atoms with Crippen LogP contribution in [0.4, 0.5) is 4.79 Å². The van der Waals surface area contributed by atoms with Crippen LogP contribution < -0.4 is 10.6 Å². The zero-order chi connectivity index (χ0) is 15.1. The molecule has 1 fully saturated rings. The summed E-state index contributed by atoms with van der Waals surface area (Å²) < 4.78 is 0. The maximum absolute atomic E-state index is 11.8. The fourth-order valence-corrected chi connectivity index (χ4v) is 3.17. The fraction of sp³-hybridized carbons (Fsp3) is 0.812. The first-order valence-electron chi connectivity index (χ1n) is 8.26. The molecule has 1 aliphatic carbocycles. The van der Waals surface area contributed by atoms with E-state index < -0.39 is 0 Å². The van der Waals surface area contributed by atoms with E-state index in [0.717, 1.165) is 12.8 Å². The van der Waals surface area contributed by atoms with Crippen LogP contribution in [0.15, 0.2) is 12.2 Å². The van der Waals surface area contributed by atoms with E-state index in [2.05, 4.69) is 22.5 Å². The van der Waals surface area contributed by atoms with Gasteiger partial charge in [0.2, 0.25) is 0 Å². The Labute approximate surface area is 127 Å². The second-order valence-electron chi connectivity index (χ2n) is 6.30. The summed E-state index contributed by atoms with van der Waals surface area (Å²) in [6.07, 6.45) is 9.70. The van der Waals surface area contributed by atoms with Crippen molar-refractivity contribution in [3.8, 4) is 0 Å². The van der Waals surface area contributed by atoms with E-state index >= 15 is 0 Å². The molecule has 1 unspecified atom stereocenters. The summed E-state index contributed by atoms with van der Waals surface area (Å²) in [5.41, 5.74) is 0. The van der Waals surface area contributed by atoms with Gasteiger partial charge in [-0.3, -0.25) is 0 Å². The topological polar surface area (TPSA) is 64.6 Å². The van der Waals surface area contributed by atoms with Crippen LogP contribution in [0, 0.1) is 5.92 Å². The minimum atomic E-state index is -0.103. The van der Waals surface area contributed by atoms with Crippen molar-refractivity contribution in [1.82, 2.24) is 15.5 Å². The van der Waals surface area contributed by atoms with Gasteiger partial charge in [0, 0.05) is 31.2 Å². The first-order valence-corrected chi connectivity index (χ1v) is 8.26. The van der Waals surface area contributed by atoms with E-state index in [1.165, 1.54) is 32.4 Å². The van der Waals surface area contributed by atoms with Gasteiger partial charge in [-0.2, -0.15) is 0 Å². The van der Waals surface area contributed by atoms with E-state index in [9.17, 15) is 4.79 Å². The summed E-state index contributed by atoms with van der Waals surface area (Å²) in [6.45, 7) is 5.51. The molecule has 3 N–H and O–H groups in total. The number of piperidine rings is 1. The van der Waals surface area contributed by atoms with Gasteiger partial charge in [0.1, 0.15) is 0 Å². The number of urea groups is 1. The van der Waals surface area contributed by atoms with Crippen molar-refractivity contribution in [3.63, 3.8) is 0 Å². The molecular formula is C16H29N3O2. The van der Waals surface area contributed by atoms with Crippen LogP contribution in [0.2, 0.25) is 0 Å². The van der Waals surface area contributed by atoms with Crippen LogP contribution in [-0.2, 0) is 0 Å². The normalized spacial score (nSPS) is 27.5. The van der Waals surface area contributed by atoms with E-state index in [0.29, 0.717) is 12.6 Å². The van der Waals surface area contributed by atoms with E-state index in [1.807, 2.05) is 12.2 Å². The molecule has 2 amide bonds. The highest BCUT2D eigenvalue weighted by Gasteiger charge is 2.20. The molecule has 0 aromatic heterocycles. The van der Waals surface area contributed by atoms with Crippen molar-refractivity contribution in [2.45, 2.75) is 51.1 Å². The van der Waals surface area contributed by atoms with Gasteiger partial charge in [0.05, 0.1) is 0 Å². The number of nitrogens with one attached hydrogen (secondary N) is 2. The molecule has 1 heterocycles. The number of hydrogen-bond donors (Lipinski definition) is 3. The summed E-state index contributed by atoms with van der Waals surface area (Å²) in [5, 5.41) is 14.9. The third-order valence-corrected chi connectivity index (χ3v) is 4.58. The highest BCUT2D eigenvalue weighted by Crippen LogP contribution is 2.16. The predicted octanol–water partition coefficient (Wildman–Crippen LogP) is 1.49. The van der Waals surface area contributed by atoms with Crippen LogP contribution >= 0.6 is 0 Å². The van der Waals surface area contributed by atoms with Crippen molar-refractivity contribution in [1.29, 1.82) is 0 Å². The minimum Gasteiger partial charge on any atom is -0.396 e. The molecule has 0 radical (unpaired) electrons. The molecule has 2 rings (SSSR count). The number of amides is 2. The SMILES string of the molecule is CC(CCNC(=O)N[C@@H]1C=C[C@H](CO)C1)N1CCCCC1. The van der Waals surface area contributed by atoms with Gasteiger partial charge < -0.3 is 20.6 Å². The highest BCUT2D eigenvalue weighted by molar-refractivity contribution is 5.74. The van der Waals surface area contributed by atoms with Gasteiger partial charge in [0.15, 0.2) is 0 Å². The van der Waals surface area contributed by atoms with E-state index in [-0.39, 0.29) is 24.6 Å². The van der Waals surface area contributed by atoms with Gasteiger partial charge in [0.25, 0.3) is 0 Å². The van der Waals surface area contributed by atoms with Crippen LogP contribution in [0.3, 0.4) is 0 Å². The predicted molar refractivity (Wildman–Crippen MR) is 84.2 cm³/mol. The lowest BCUT2D eigenvalue weighted by molar-refractivity contribution is 0.166. The summed E-state index contributed by atoms with van der Waals surface area (Å²) >= 11 is 0. The molecule has 3 atom stereocenters. The molecule has 0 aromatic rings. The molecule has 5 nitrogen and oxygen atoms in total. The van der Waals surface area contributed by atoms with Gasteiger partial charge in [-0.15, -0.1) is 0 Å². The number of hydrogen-bond acceptors (Lipinski definition) is 3. The summed E-state index contributed by atoms with van der Waals surface area (Å²) in [5.74, 6) is 0.189. The Morgan fingerprint density at radius 2 is 2.10 bits per heavy atom. The molecule has 5 heteroatoms. The Balaban J connectivity index is 1.57. The van der Waals surface area contributed by atoms with Gasteiger partial charge in [-0.1, -0.05) is 18.6 Å². The molecule has 0 saturated carbocycles. The number of aliphatic hydroxyl groups excluding tert-OH is 1. The second-order valence-corrected chi connectivity index (χ2v) is 6.30. The number of carbonyl (C=O) groups excluding carboxylic acids is 1. The van der Waals surface area contributed by atoms with Crippen molar-refractivity contribution in [3.05, 3.63) is 12.2 Å². The fourth-order valence-electron chi connectivity index (χ4n) is 3.17. The molecule has 1 aliphatic heterocycles. The van der Waals surface area contributed by atoms with E-state index in [1.54, 1.807) is 0 Å². The third kappa shape index (κ3) is 5.32. The Hall–Kier alpha value is -1.07. The third-order valence-electron chi connectivity index (χ3n) is 4.58. The Kier molecular flexibility index (Phi) is 6.51. The number of nitrogens with zero attached hydrogens (tertiary/aromatic N) is 1. The quantitative estimate of drug-likeness (QED) is 0.651. The van der Waals surface area contributed by atoms with Crippen molar-refractivity contribution >= 4 is 6.03 Å². The molecule has 21 heavy (non-hydrogen) atoms. The summed E-state index contributed by atoms with van der Waals surface area (Å²) in [7, 11) is 0. The Morgan fingerprint density at radius 3 is 2.76 bits per heavy atom. The van der Waals surface area contributed by atoms with Gasteiger partial charge >= 0.3 is 6.03 Å². The lowest BCUT2D eigenvalue weighted by Gasteiger charge is -2.32. The average Bonchev–Trinajstić information content (AvgIpc) is 2.95. The zero-order valence-corrected chi connectivity index (χ0v) is 13.1. The average molecular weight is 295 g/mol. The molecular weight excluding hydrogens is 266 g/mol. The minimum absolute atomic E-state index is 0.0571. The Morgan fingerprint density at radius 1 is 1.33 bits per heavy atom. The zero-order valence-electron chi connectivity index (χ0n) is 13.1. The summed E-state index contributed by atoms with van der Waals surface area (Å²) in [6, 6.07) is 0.492. The Bertz CT molecular complexity index is 353. The molecule has 120 valence electrons. The number of rotatable bonds is 6.